The number of nitrogens with zero attached hydrogens (tertiary/aromatic N) is 2. The van der Waals surface area contributed by atoms with Crippen molar-refractivity contribution in [1.82, 2.24) is 0 Å². The average molecular weight is 833 g/mol. The maximum absolute atomic E-state index is 2.76. The van der Waals surface area contributed by atoms with Crippen LogP contribution in [0.2, 0.25) is 0 Å². The summed E-state index contributed by atoms with van der Waals surface area (Å²) >= 11 is 2.11. The van der Waals surface area contributed by atoms with Gasteiger partial charge in [-0.1, -0.05) is 107 Å². The van der Waals surface area contributed by atoms with Crippen LogP contribution in [0.25, 0.3) is 10.1 Å². The molecule has 2 aliphatic heterocycles. The van der Waals surface area contributed by atoms with Crippen molar-refractivity contribution >= 4 is 65.6 Å². The van der Waals surface area contributed by atoms with E-state index in [4.69, 9.17) is 0 Å². The molecule has 60 heavy (non-hydrogen) atoms. The van der Waals surface area contributed by atoms with Crippen LogP contribution < -0.4 is 9.80 Å². The Bertz CT molecular complexity index is 2750. The Labute approximate surface area is 367 Å². The number of hydrogen-bond donors (Lipinski definition) is 0. The highest BCUT2D eigenvalue weighted by Crippen LogP contribution is 2.83. The van der Waals surface area contributed by atoms with E-state index in [1.165, 1.54) is 106 Å². The van der Waals surface area contributed by atoms with Gasteiger partial charge in [0.2, 0.25) is 0 Å². The van der Waals surface area contributed by atoms with Crippen LogP contribution in [0, 0.1) is 27.7 Å². The molecular formula is C56H68N2S2. The predicted molar refractivity (Wildman–Crippen MR) is 265 cm³/mol. The summed E-state index contributed by atoms with van der Waals surface area (Å²) in [5.41, 5.74) is 21.2. The Morgan fingerprint density at radius 2 is 1.22 bits per heavy atom. The summed E-state index contributed by atoms with van der Waals surface area (Å²) in [5.74, 6) is 1.05. The van der Waals surface area contributed by atoms with Gasteiger partial charge in [-0.2, -0.15) is 0 Å². The van der Waals surface area contributed by atoms with Gasteiger partial charge in [-0.05, 0) is 173 Å². The first-order valence-corrected chi connectivity index (χ1v) is 25.2. The zero-order valence-electron chi connectivity index (χ0n) is 39.5. The van der Waals surface area contributed by atoms with Crippen LogP contribution in [0.15, 0.2) is 86.8 Å². The Kier molecular flexibility index (Phi) is 9.31. The number of benzene rings is 5. The SMILES string of the molecule is CCc1cc2c3c(sc2c(C)c1C)S1(CC)c2cc4c(cc2N(c2ccc(C(C)(C)C)cc2C)c2cc(C)cc(c21)N3c1ccc(C(C)(C)C)cc1)C(C)(C)CCC4(C)C. The molecule has 0 bridgehead atoms. The molecule has 1 unspecified atom stereocenters. The first-order chi connectivity index (χ1) is 28.0. The lowest BCUT2D eigenvalue weighted by molar-refractivity contribution is 0.331. The monoisotopic (exact) mass is 832 g/mol. The molecular weight excluding hydrogens is 765 g/mol. The van der Waals surface area contributed by atoms with E-state index >= 15 is 0 Å². The van der Waals surface area contributed by atoms with E-state index in [-0.39, 0.29) is 21.7 Å². The minimum Gasteiger partial charge on any atom is -0.308 e. The van der Waals surface area contributed by atoms with Crippen LogP contribution in [0.4, 0.5) is 34.1 Å². The normalized spacial score (nSPS) is 20.0. The van der Waals surface area contributed by atoms with Crippen molar-refractivity contribution in [3.8, 4) is 0 Å². The molecule has 1 aromatic heterocycles. The summed E-state index contributed by atoms with van der Waals surface area (Å²) in [6.07, 6.45) is 3.42. The van der Waals surface area contributed by atoms with Gasteiger partial charge >= 0.3 is 0 Å². The van der Waals surface area contributed by atoms with Crippen LogP contribution in [0.1, 0.15) is 146 Å². The van der Waals surface area contributed by atoms with Crippen molar-refractivity contribution in [2.24, 2.45) is 0 Å². The fraction of sp³-hybridized carbons (Fsp3) is 0.429. The van der Waals surface area contributed by atoms with Crippen LogP contribution in [-0.2, 0) is 28.1 Å². The van der Waals surface area contributed by atoms with Gasteiger partial charge in [0, 0.05) is 31.3 Å². The fourth-order valence-corrected chi connectivity index (χ4v) is 17.4. The average Bonchev–Trinajstić information content (AvgIpc) is 3.56. The third-order valence-corrected chi connectivity index (χ3v) is 20.9. The van der Waals surface area contributed by atoms with Crippen molar-refractivity contribution in [2.45, 2.75) is 166 Å². The smallest absolute Gasteiger partial charge is 0.0777 e. The second-order valence-electron chi connectivity index (χ2n) is 21.8. The second kappa shape index (κ2) is 13.5. The summed E-state index contributed by atoms with van der Waals surface area (Å²) in [6, 6.07) is 30.0. The largest absolute Gasteiger partial charge is 0.308 e. The zero-order valence-corrected chi connectivity index (χ0v) is 41.1. The van der Waals surface area contributed by atoms with E-state index in [2.05, 4.69) is 205 Å². The maximum atomic E-state index is 2.76. The molecule has 0 radical (unpaired) electrons. The van der Waals surface area contributed by atoms with Crippen molar-refractivity contribution in [2.75, 3.05) is 15.6 Å². The topological polar surface area (TPSA) is 6.48 Å². The first-order valence-electron chi connectivity index (χ1n) is 22.6. The number of thiophene rings is 1. The molecule has 0 amide bonds. The summed E-state index contributed by atoms with van der Waals surface area (Å²) in [7, 11) is -1.77. The van der Waals surface area contributed by atoms with E-state index in [9.17, 15) is 0 Å². The van der Waals surface area contributed by atoms with Gasteiger partial charge < -0.3 is 9.80 Å². The Hall–Kier alpha value is -3.99. The van der Waals surface area contributed by atoms with Crippen LogP contribution in [0.5, 0.6) is 0 Å². The number of hydrogen-bond acceptors (Lipinski definition) is 3. The summed E-state index contributed by atoms with van der Waals surface area (Å²) < 4.78 is 3.02. The van der Waals surface area contributed by atoms with Crippen molar-refractivity contribution in [3.05, 3.63) is 123 Å². The van der Waals surface area contributed by atoms with Gasteiger partial charge in [0.1, 0.15) is 0 Å². The molecule has 3 heterocycles. The first kappa shape index (κ1) is 41.4. The molecule has 6 aromatic rings. The maximum Gasteiger partial charge on any atom is 0.0777 e. The third-order valence-electron chi connectivity index (χ3n) is 14.8. The predicted octanol–water partition coefficient (Wildman–Crippen LogP) is 17.5. The minimum atomic E-state index is -1.77. The lowest BCUT2D eigenvalue weighted by Crippen LogP contribution is -2.35. The standard InChI is InChI=1S/C56H68N2S2/c1-17-37-30-41-49-52(59-50(41)36(6)35(37)5)60(18-2)48-32-43-42(55(13,14)25-26-56(43,15)16)31-45(48)58(44-24-21-39(29-34(44)4)54(10,11)12)47-28-33(3)27-46(51(47)60)57(49)40-22-19-38(20-23-40)53(7,8)9/h19-24,27-32H,17-18,25-26H2,1-16H3. The van der Waals surface area contributed by atoms with E-state index in [0.717, 1.165) is 12.2 Å². The summed E-state index contributed by atoms with van der Waals surface area (Å²) in [6.45, 7) is 38.2. The highest BCUT2D eigenvalue weighted by Gasteiger charge is 2.51. The van der Waals surface area contributed by atoms with E-state index in [1.807, 2.05) is 0 Å². The molecule has 3 aliphatic rings. The van der Waals surface area contributed by atoms with Crippen molar-refractivity contribution in [1.29, 1.82) is 0 Å². The molecule has 1 atom stereocenters. The highest BCUT2D eigenvalue weighted by atomic mass is 32.3. The number of aryl methyl sites for hydroxylation is 4. The van der Waals surface area contributed by atoms with E-state index < -0.39 is 10.0 Å². The quantitative estimate of drug-likeness (QED) is 0.175. The van der Waals surface area contributed by atoms with Gasteiger partial charge in [0.15, 0.2) is 0 Å². The van der Waals surface area contributed by atoms with Gasteiger partial charge in [0.25, 0.3) is 0 Å². The van der Waals surface area contributed by atoms with Gasteiger partial charge in [-0.3, -0.25) is 0 Å². The third kappa shape index (κ3) is 5.85. The molecule has 0 fully saturated rings. The Morgan fingerprint density at radius 3 is 1.78 bits per heavy atom. The van der Waals surface area contributed by atoms with E-state index in [1.54, 1.807) is 14.7 Å². The van der Waals surface area contributed by atoms with Gasteiger partial charge in [-0.25, -0.2) is 0 Å². The molecule has 1 aliphatic carbocycles. The zero-order chi connectivity index (χ0) is 43.2. The Balaban J connectivity index is 1.48. The molecule has 0 saturated heterocycles. The number of rotatable bonds is 4. The molecule has 314 valence electrons. The van der Waals surface area contributed by atoms with Crippen LogP contribution >= 0.6 is 21.4 Å². The highest BCUT2D eigenvalue weighted by molar-refractivity contribution is 8.35. The summed E-state index contributed by atoms with van der Waals surface area (Å²) in [4.78, 5) is 8.49. The van der Waals surface area contributed by atoms with Gasteiger partial charge in [0.05, 0.1) is 27.0 Å². The van der Waals surface area contributed by atoms with Crippen LogP contribution in [0.3, 0.4) is 0 Å². The molecule has 0 saturated carbocycles. The Morgan fingerprint density at radius 1 is 0.633 bits per heavy atom. The summed E-state index contributed by atoms with van der Waals surface area (Å²) in [5, 5.41) is 1.42. The minimum absolute atomic E-state index is 0.0660. The van der Waals surface area contributed by atoms with Crippen molar-refractivity contribution in [3.63, 3.8) is 0 Å². The lowest BCUT2D eigenvalue weighted by Gasteiger charge is -2.55. The molecule has 0 spiro atoms. The molecule has 2 nitrogen and oxygen atoms in total. The lowest BCUT2D eigenvalue weighted by atomic mass is 9.63. The van der Waals surface area contributed by atoms with Crippen LogP contribution in [-0.4, -0.2) is 5.75 Å². The van der Waals surface area contributed by atoms with E-state index in [0.29, 0.717) is 0 Å². The van der Waals surface area contributed by atoms with Crippen molar-refractivity contribution < 1.29 is 0 Å². The molecule has 5 aromatic carbocycles. The fourth-order valence-electron chi connectivity index (χ4n) is 10.8. The molecule has 9 rings (SSSR count). The molecule has 4 heteroatoms. The van der Waals surface area contributed by atoms with Gasteiger partial charge in [-0.15, -0.1) is 21.4 Å². The second-order valence-corrected chi connectivity index (χ2v) is 26.4. The number of anilines is 6. The number of fused-ring (bicyclic) bond motifs is 7. The molecule has 0 N–H and O–H groups in total.